The summed E-state index contributed by atoms with van der Waals surface area (Å²) in [6.07, 6.45) is 41.6. The quantitative estimate of drug-likeness (QED) is 0.257. The minimum Gasteiger partial charge on any atom is -0.361 e. The summed E-state index contributed by atoms with van der Waals surface area (Å²) in [5.41, 5.74) is 16.0. The average molecular weight is 1040 g/mol. The minimum atomic E-state index is -0.217. The highest BCUT2D eigenvalue weighted by molar-refractivity contribution is 5.47. The fourth-order valence-electron chi connectivity index (χ4n) is 19.4. The molecule has 6 heteroatoms. The SMILES string of the molecule is CC(C)(C)C1C=CC2=C(C1)C1CC(C(C)(C)C)CCC1N2C1CC(n2c3c(c4c2CCC(C(C)(C)C)C4)CC(C(C)(C)C)CC3)C(C#N)C=C1C1NC(C2=CCCCC2)NC(C2C=CCC3C4=CCCCC4C(C)(C)C32)N1. The summed E-state index contributed by atoms with van der Waals surface area (Å²) in [4.78, 5) is 3.08. The molecule has 16 atom stereocenters. The Balaban J connectivity index is 1.01. The Labute approximate surface area is 469 Å². The van der Waals surface area contributed by atoms with Crippen LogP contribution >= 0.6 is 0 Å². The van der Waals surface area contributed by atoms with Crippen LogP contribution in [0.1, 0.15) is 222 Å². The molecule has 0 radical (unpaired) electrons. The molecule has 77 heavy (non-hydrogen) atoms. The van der Waals surface area contributed by atoms with Gasteiger partial charge in [-0.25, -0.2) is 0 Å². The van der Waals surface area contributed by atoms with E-state index in [9.17, 15) is 5.26 Å². The van der Waals surface area contributed by atoms with Crippen LogP contribution in [0.15, 0.2) is 70.5 Å². The van der Waals surface area contributed by atoms with E-state index in [2.05, 4.69) is 171 Å². The summed E-state index contributed by atoms with van der Waals surface area (Å²) in [6, 6.07) is 3.86. The lowest BCUT2D eigenvalue weighted by atomic mass is 9.64. The molecule has 9 aliphatic carbocycles. The molecular weight excluding hydrogens is 937 g/mol. The van der Waals surface area contributed by atoms with Gasteiger partial charge in [-0.15, -0.1) is 0 Å². The second kappa shape index (κ2) is 19.8. The Morgan fingerprint density at radius 3 is 1.95 bits per heavy atom. The van der Waals surface area contributed by atoms with Crippen LogP contribution in [0.4, 0.5) is 0 Å². The van der Waals surface area contributed by atoms with Gasteiger partial charge in [0.25, 0.3) is 0 Å². The molecule has 2 saturated carbocycles. The Bertz CT molecular complexity index is 2610. The van der Waals surface area contributed by atoms with E-state index in [0.29, 0.717) is 59.3 Å². The number of nitrogens with one attached hydrogen (secondary N) is 3. The topological polar surface area (TPSA) is 68.0 Å². The van der Waals surface area contributed by atoms with Crippen molar-refractivity contribution in [2.45, 2.75) is 256 Å². The number of nitriles is 1. The zero-order valence-electron chi connectivity index (χ0n) is 51.1. The standard InChI is InChI=1S/C71H106N6/c1-67(2,3)44-27-31-57-51(36-44)52-37-45(68(4,5)6)28-32-58(52)76(57)61-40-62(77-59-33-29-46(69(7,8)9)38-53(59)54-39-47(70(10,11)12)30-34-60(54)77)55(35-43(61)41-72)66-74-64(42-21-16-15-17-22-42)73-65(75-66)50-25-20-24-49-48-23-18-19-26-56(48)71(13,14)63(49)50/h20-21,23,25,29,33,35,43-47,49-50,54,56,60-66,73-75H,15-19,22,24,26-28,30-32,34,36-40H2,1-14H3. The molecular formula is C71H106N6. The van der Waals surface area contributed by atoms with Crippen LogP contribution < -0.4 is 16.0 Å². The fraction of sp³-hybridized carbons (Fsp3) is 0.761. The maximum Gasteiger partial charge on any atom is 0.0856 e. The lowest BCUT2D eigenvalue weighted by molar-refractivity contribution is 0.0585. The Morgan fingerprint density at radius 1 is 0.636 bits per heavy atom. The molecule has 3 N–H and O–H groups in total. The monoisotopic (exact) mass is 1040 g/mol. The Kier molecular flexibility index (Phi) is 14.0. The first-order chi connectivity index (χ1) is 36.4. The van der Waals surface area contributed by atoms with E-state index in [4.69, 9.17) is 0 Å². The molecule has 0 spiro atoms. The van der Waals surface area contributed by atoms with E-state index in [-0.39, 0.29) is 63.6 Å². The van der Waals surface area contributed by atoms with Crippen molar-refractivity contribution in [2.75, 3.05) is 0 Å². The third kappa shape index (κ3) is 9.55. The average Bonchev–Trinajstić information content (AvgIpc) is 4.21. The van der Waals surface area contributed by atoms with Gasteiger partial charge in [-0.1, -0.05) is 139 Å². The van der Waals surface area contributed by atoms with Crippen molar-refractivity contribution < 1.29 is 0 Å². The van der Waals surface area contributed by atoms with E-state index in [0.717, 1.165) is 25.7 Å². The normalized spacial score (nSPS) is 39.1. The molecule has 0 amide bonds. The number of rotatable bonds is 5. The van der Waals surface area contributed by atoms with E-state index in [1.807, 2.05) is 0 Å². The number of hydrogen-bond donors (Lipinski definition) is 3. The van der Waals surface area contributed by atoms with Crippen LogP contribution in [0.5, 0.6) is 0 Å². The number of allylic oxidation sites excluding steroid dienone is 7. The molecule has 420 valence electrons. The van der Waals surface area contributed by atoms with Crippen LogP contribution in [-0.2, 0) is 25.7 Å². The van der Waals surface area contributed by atoms with Crippen molar-refractivity contribution in [3.8, 4) is 6.07 Å². The van der Waals surface area contributed by atoms with Gasteiger partial charge in [0.15, 0.2) is 0 Å². The molecule has 11 aliphatic rings. The molecule has 0 aromatic carbocycles. The van der Waals surface area contributed by atoms with E-state index < -0.39 is 0 Å². The third-order valence-electron chi connectivity index (χ3n) is 24.1. The predicted molar refractivity (Wildman–Crippen MR) is 319 cm³/mol. The maximum absolute atomic E-state index is 12.0. The van der Waals surface area contributed by atoms with Gasteiger partial charge in [0.05, 0.1) is 42.6 Å². The first-order valence-electron chi connectivity index (χ1n) is 32.3. The van der Waals surface area contributed by atoms with Gasteiger partial charge < -0.3 is 9.47 Å². The van der Waals surface area contributed by atoms with Crippen molar-refractivity contribution in [3.05, 3.63) is 93.0 Å². The van der Waals surface area contributed by atoms with Crippen LogP contribution in [0, 0.1) is 97.6 Å². The maximum atomic E-state index is 12.0. The van der Waals surface area contributed by atoms with Crippen molar-refractivity contribution in [1.29, 1.82) is 5.26 Å². The Morgan fingerprint density at radius 2 is 1.31 bits per heavy atom. The molecule has 6 nitrogen and oxygen atoms in total. The number of aromatic nitrogens is 1. The van der Waals surface area contributed by atoms with Crippen molar-refractivity contribution in [1.82, 2.24) is 25.4 Å². The summed E-state index contributed by atoms with van der Waals surface area (Å²) in [6.45, 7) is 35.2. The van der Waals surface area contributed by atoms with Crippen LogP contribution in [0.3, 0.4) is 0 Å². The Hall–Kier alpha value is -3.11. The van der Waals surface area contributed by atoms with Gasteiger partial charge in [0.1, 0.15) is 0 Å². The number of nitrogens with zero attached hydrogens (tertiary/aromatic N) is 3. The van der Waals surface area contributed by atoms with Gasteiger partial charge in [0, 0.05) is 35.0 Å². The van der Waals surface area contributed by atoms with Crippen LogP contribution in [0.2, 0.25) is 0 Å². The summed E-state index contributed by atoms with van der Waals surface area (Å²) in [5, 5.41) is 25.3. The van der Waals surface area contributed by atoms with Gasteiger partial charge in [0.2, 0.25) is 0 Å². The predicted octanol–water partition coefficient (Wildman–Crippen LogP) is 16.0. The molecule has 3 fully saturated rings. The lowest BCUT2D eigenvalue weighted by Gasteiger charge is -2.52. The molecule has 1 saturated heterocycles. The second-order valence-corrected chi connectivity index (χ2v) is 32.6. The second-order valence-electron chi connectivity index (χ2n) is 32.6. The zero-order valence-corrected chi connectivity index (χ0v) is 51.1. The van der Waals surface area contributed by atoms with Gasteiger partial charge in [-0.2, -0.15) is 5.26 Å². The fourth-order valence-corrected chi connectivity index (χ4v) is 19.4. The molecule has 0 bridgehead atoms. The van der Waals surface area contributed by atoms with E-state index in [1.165, 1.54) is 102 Å². The number of fused-ring (bicyclic) bond motifs is 8. The summed E-state index contributed by atoms with van der Waals surface area (Å²) >= 11 is 0. The highest BCUT2D eigenvalue weighted by atomic mass is 15.4. The summed E-state index contributed by atoms with van der Waals surface area (Å²) in [5.74, 6) is 5.20. The molecule has 1 aromatic heterocycles. The smallest absolute Gasteiger partial charge is 0.0856 e. The summed E-state index contributed by atoms with van der Waals surface area (Å²) < 4.78 is 2.92. The van der Waals surface area contributed by atoms with Crippen LogP contribution in [-0.4, -0.2) is 40.0 Å². The van der Waals surface area contributed by atoms with E-state index >= 15 is 0 Å². The lowest BCUT2D eigenvalue weighted by Crippen LogP contribution is -2.72. The van der Waals surface area contributed by atoms with E-state index in [1.54, 1.807) is 44.9 Å². The van der Waals surface area contributed by atoms with Gasteiger partial charge in [-0.05, 0) is 224 Å². The van der Waals surface area contributed by atoms with Crippen molar-refractivity contribution in [3.63, 3.8) is 0 Å². The van der Waals surface area contributed by atoms with Gasteiger partial charge >= 0.3 is 0 Å². The highest BCUT2D eigenvalue weighted by Crippen LogP contribution is 2.63. The third-order valence-corrected chi connectivity index (χ3v) is 24.1. The molecule has 2 aliphatic heterocycles. The highest BCUT2D eigenvalue weighted by Gasteiger charge is 2.58. The largest absolute Gasteiger partial charge is 0.361 e. The molecule has 3 heterocycles. The van der Waals surface area contributed by atoms with Crippen LogP contribution in [0.25, 0.3) is 0 Å². The first kappa shape index (κ1) is 54.5. The zero-order chi connectivity index (χ0) is 54.3. The van der Waals surface area contributed by atoms with Crippen molar-refractivity contribution >= 4 is 0 Å². The summed E-state index contributed by atoms with van der Waals surface area (Å²) in [7, 11) is 0. The first-order valence-corrected chi connectivity index (χ1v) is 32.3. The molecule has 1 aromatic rings. The molecule has 12 rings (SSSR count). The van der Waals surface area contributed by atoms with Crippen molar-refractivity contribution in [2.24, 2.45) is 86.3 Å². The number of hydrogen-bond acceptors (Lipinski definition) is 5. The molecule has 16 unspecified atom stereocenters. The minimum absolute atomic E-state index is 0.0628. The van der Waals surface area contributed by atoms with Gasteiger partial charge in [-0.3, -0.25) is 16.0 Å².